The summed E-state index contributed by atoms with van der Waals surface area (Å²) in [7, 11) is 0. The van der Waals surface area contributed by atoms with Gasteiger partial charge >= 0.3 is 0 Å². The van der Waals surface area contributed by atoms with Gasteiger partial charge in [0.1, 0.15) is 6.04 Å². The third-order valence-electron chi connectivity index (χ3n) is 2.33. The van der Waals surface area contributed by atoms with Gasteiger partial charge in [-0.05, 0) is 24.7 Å². The molecule has 0 aromatic rings. The highest BCUT2D eigenvalue weighted by Gasteiger charge is 2.18. The van der Waals surface area contributed by atoms with E-state index >= 15 is 0 Å². The maximum atomic E-state index is 11.5. The molecule has 0 saturated carbocycles. The van der Waals surface area contributed by atoms with Crippen molar-refractivity contribution >= 4 is 11.8 Å². The molecule has 0 heterocycles. The second-order valence-corrected chi connectivity index (χ2v) is 5.08. The van der Waals surface area contributed by atoms with Crippen molar-refractivity contribution in [3.8, 4) is 0 Å². The molecule has 0 aliphatic rings. The van der Waals surface area contributed by atoms with Gasteiger partial charge in [-0.1, -0.05) is 27.7 Å². The highest BCUT2D eigenvalue weighted by molar-refractivity contribution is 5.86. The van der Waals surface area contributed by atoms with Crippen LogP contribution in [0.5, 0.6) is 0 Å². The van der Waals surface area contributed by atoms with Gasteiger partial charge in [-0.15, -0.1) is 0 Å². The van der Waals surface area contributed by atoms with Crippen LogP contribution in [-0.2, 0) is 9.59 Å². The molecule has 0 unspecified atom stereocenters. The van der Waals surface area contributed by atoms with E-state index in [-0.39, 0.29) is 5.91 Å². The summed E-state index contributed by atoms with van der Waals surface area (Å²) < 4.78 is 0. The molecule has 1 atom stereocenters. The molecule has 0 bridgehead atoms. The Morgan fingerprint density at radius 1 is 1.12 bits per heavy atom. The Bertz CT molecular complexity index is 237. The second kappa shape index (κ2) is 7.25. The predicted octanol–water partition coefficient (Wildman–Crippen LogP) is 1.44. The Labute approximate surface area is 98.0 Å². The summed E-state index contributed by atoms with van der Waals surface area (Å²) >= 11 is 0. The van der Waals surface area contributed by atoms with Crippen molar-refractivity contribution in [2.45, 2.75) is 53.0 Å². The average molecular weight is 228 g/mol. The maximum Gasteiger partial charge on any atom is 0.240 e. The zero-order chi connectivity index (χ0) is 12.7. The molecule has 4 heteroatoms. The average Bonchev–Trinajstić information content (AvgIpc) is 2.12. The quantitative estimate of drug-likeness (QED) is 0.692. The van der Waals surface area contributed by atoms with Crippen molar-refractivity contribution < 1.29 is 9.59 Å². The third-order valence-corrected chi connectivity index (χ3v) is 2.33. The zero-order valence-electron chi connectivity index (χ0n) is 10.7. The van der Waals surface area contributed by atoms with Crippen molar-refractivity contribution in [1.29, 1.82) is 0 Å². The fourth-order valence-electron chi connectivity index (χ4n) is 1.40. The van der Waals surface area contributed by atoms with Crippen LogP contribution < -0.4 is 11.1 Å². The van der Waals surface area contributed by atoms with E-state index in [1.165, 1.54) is 0 Å². The molecule has 2 amide bonds. The van der Waals surface area contributed by atoms with E-state index in [0.29, 0.717) is 24.7 Å². The van der Waals surface area contributed by atoms with E-state index < -0.39 is 11.9 Å². The van der Waals surface area contributed by atoms with Crippen LogP contribution >= 0.6 is 0 Å². The molecular weight excluding hydrogens is 204 g/mol. The number of amides is 2. The first-order chi connectivity index (χ1) is 7.32. The van der Waals surface area contributed by atoms with Crippen molar-refractivity contribution in [3.63, 3.8) is 0 Å². The molecule has 0 saturated heterocycles. The Balaban J connectivity index is 4.08. The second-order valence-electron chi connectivity index (χ2n) is 5.08. The van der Waals surface area contributed by atoms with Crippen LogP contribution in [0.2, 0.25) is 0 Å². The van der Waals surface area contributed by atoms with Gasteiger partial charge in [0.25, 0.3) is 0 Å². The summed E-state index contributed by atoms with van der Waals surface area (Å²) in [6, 6.07) is -0.528. The maximum absolute atomic E-state index is 11.5. The Hall–Kier alpha value is -1.06. The molecule has 0 aromatic heterocycles. The minimum Gasteiger partial charge on any atom is -0.368 e. The molecule has 0 rings (SSSR count). The fraction of sp³-hybridized carbons (Fsp3) is 0.833. The summed E-state index contributed by atoms with van der Waals surface area (Å²) in [5, 5.41) is 2.69. The van der Waals surface area contributed by atoms with Crippen molar-refractivity contribution in [2.24, 2.45) is 17.6 Å². The lowest BCUT2D eigenvalue weighted by Crippen LogP contribution is -2.45. The first-order valence-corrected chi connectivity index (χ1v) is 5.91. The lowest BCUT2D eigenvalue weighted by Gasteiger charge is -2.17. The van der Waals surface area contributed by atoms with Crippen LogP contribution in [0.1, 0.15) is 47.0 Å². The van der Waals surface area contributed by atoms with Crippen LogP contribution in [0.15, 0.2) is 0 Å². The van der Waals surface area contributed by atoms with E-state index in [9.17, 15) is 9.59 Å². The number of hydrogen-bond donors (Lipinski definition) is 2. The molecule has 0 spiro atoms. The summed E-state index contributed by atoms with van der Waals surface area (Å²) in [5.41, 5.74) is 5.24. The first kappa shape index (κ1) is 14.9. The Morgan fingerprint density at radius 3 is 2.06 bits per heavy atom. The molecule has 0 fully saturated rings. The van der Waals surface area contributed by atoms with Crippen LogP contribution in [0, 0.1) is 11.8 Å². The number of primary amides is 1. The third kappa shape index (κ3) is 7.26. The van der Waals surface area contributed by atoms with Crippen molar-refractivity contribution in [1.82, 2.24) is 5.32 Å². The van der Waals surface area contributed by atoms with Crippen LogP contribution in [-0.4, -0.2) is 17.9 Å². The molecule has 0 aromatic carbocycles. The summed E-state index contributed by atoms with van der Waals surface area (Å²) in [6.45, 7) is 8.12. The summed E-state index contributed by atoms with van der Waals surface area (Å²) in [5.74, 6) is 0.288. The fourth-order valence-corrected chi connectivity index (χ4v) is 1.40. The van der Waals surface area contributed by atoms with Crippen LogP contribution in [0.25, 0.3) is 0 Å². The predicted molar refractivity (Wildman–Crippen MR) is 64.7 cm³/mol. The van der Waals surface area contributed by atoms with Gasteiger partial charge in [0.2, 0.25) is 11.8 Å². The van der Waals surface area contributed by atoms with Gasteiger partial charge in [0, 0.05) is 6.42 Å². The minimum absolute atomic E-state index is 0.0850. The topological polar surface area (TPSA) is 72.2 Å². The standard InChI is InChI=1S/C12H24N2O2/c1-8(2)5-6-11(15)14-10(12(13)16)7-9(3)4/h8-10H,5-7H2,1-4H3,(H2,13,16)(H,14,15)/t10-/m0/s1. The van der Waals surface area contributed by atoms with E-state index in [1.807, 2.05) is 13.8 Å². The normalized spacial score (nSPS) is 12.9. The number of rotatable bonds is 7. The molecule has 0 aliphatic heterocycles. The first-order valence-electron chi connectivity index (χ1n) is 5.91. The van der Waals surface area contributed by atoms with Crippen LogP contribution in [0.3, 0.4) is 0 Å². The number of nitrogens with two attached hydrogens (primary N) is 1. The van der Waals surface area contributed by atoms with E-state index in [1.54, 1.807) is 0 Å². The van der Waals surface area contributed by atoms with Gasteiger partial charge in [0.05, 0.1) is 0 Å². The van der Waals surface area contributed by atoms with E-state index in [4.69, 9.17) is 5.73 Å². The molecule has 0 aliphatic carbocycles. The smallest absolute Gasteiger partial charge is 0.240 e. The zero-order valence-corrected chi connectivity index (χ0v) is 10.7. The lowest BCUT2D eigenvalue weighted by molar-refractivity contribution is -0.127. The van der Waals surface area contributed by atoms with E-state index in [0.717, 1.165) is 6.42 Å². The van der Waals surface area contributed by atoms with Gasteiger partial charge in [0.15, 0.2) is 0 Å². The lowest BCUT2D eigenvalue weighted by atomic mass is 10.0. The van der Waals surface area contributed by atoms with Gasteiger partial charge in [-0.3, -0.25) is 9.59 Å². The van der Waals surface area contributed by atoms with Crippen molar-refractivity contribution in [2.75, 3.05) is 0 Å². The number of hydrogen-bond acceptors (Lipinski definition) is 2. The van der Waals surface area contributed by atoms with Gasteiger partial charge in [-0.2, -0.15) is 0 Å². The number of carbonyl (C=O) groups is 2. The number of carbonyl (C=O) groups excluding carboxylic acids is 2. The van der Waals surface area contributed by atoms with Crippen LogP contribution in [0.4, 0.5) is 0 Å². The van der Waals surface area contributed by atoms with Crippen molar-refractivity contribution in [3.05, 3.63) is 0 Å². The summed E-state index contributed by atoms with van der Waals surface area (Å²) in [4.78, 5) is 22.6. The molecule has 94 valence electrons. The monoisotopic (exact) mass is 228 g/mol. The highest BCUT2D eigenvalue weighted by Crippen LogP contribution is 2.06. The molecule has 4 nitrogen and oxygen atoms in total. The van der Waals surface area contributed by atoms with Gasteiger partial charge in [-0.25, -0.2) is 0 Å². The minimum atomic E-state index is -0.528. The SMILES string of the molecule is CC(C)CCC(=O)N[C@@H](CC(C)C)C(N)=O. The summed E-state index contributed by atoms with van der Waals surface area (Å²) in [6.07, 6.45) is 1.89. The molecular formula is C12H24N2O2. The molecule has 0 radical (unpaired) electrons. The number of nitrogens with one attached hydrogen (secondary N) is 1. The Kier molecular flexibility index (Phi) is 6.77. The van der Waals surface area contributed by atoms with Gasteiger partial charge < -0.3 is 11.1 Å². The Morgan fingerprint density at radius 2 is 1.69 bits per heavy atom. The molecule has 16 heavy (non-hydrogen) atoms. The molecule has 3 N–H and O–H groups in total. The van der Waals surface area contributed by atoms with E-state index in [2.05, 4.69) is 19.2 Å². The highest BCUT2D eigenvalue weighted by atomic mass is 16.2. The largest absolute Gasteiger partial charge is 0.368 e.